The van der Waals surface area contributed by atoms with Crippen molar-refractivity contribution in [2.75, 3.05) is 28.8 Å². The molecule has 2 aromatic carbocycles. The van der Waals surface area contributed by atoms with Gasteiger partial charge in [0.2, 0.25) is 0 Å². The number of anilines is 2. The maximum absolute atomic E-state index is 10.5. The van der Waals surface area contributed by atoms with E-state index in [1.165, 1.54) is 8.61 Å². The van der Waals surface area contributed by atoms with Gasteiger partial charge in [-0.2, -0.15) is 5.26 Å². The van der Waals surface area contributed by atoms with Crippen LogP contribution in [0, 0.1) is 11.3 Å². The minimum Gasteiger partial charge on any atom is -0.396 e. The van der Waals surface area contributed by atoms with Gasteiger partial charge in [0.1, 0.15) is 0 Å². The Bertz CT molecular complexity index is 804. The summed E-state index contributed by atoms with van der Waals surface area (Å²) in [5.74, 6) is 0. The van der Waals surface area contributed by atoms with Crippen LogP contribution in [0.3, 0.4) is 0 Å². The zero-order chi connectivity index (χ0) is 17.3. The molecule has 0 fully saturated rings. The lowest BCUT2D eigenvalue weighted by Crippen LogP contribution is -2.32. The van der Waals surface area contributed by atoms with Crippen molar-refractivity contribution < 1.29 is 14.2 Å². The molecule has 0 spiro atoms. The normalized spacial score (nSPS) is 16.6. The van der Waals surface area contributed by atoms with Crippen molar-refractivity contribution in [2.24, 2.45) is 0 Å². The van der Waals surface area contributed by atoms with Gasteiger partial charge in [-0.15, -0.1) is 0 Å². The van der Waals surface area contributed by atoms with Crippen molar-refractivity contribution in [3.63, 3.8) is 0 Å². The molecule has 1 heterocycles. The summed E-state index contributed by atoms with van der Waals surface area (Å²) >= 11 is 0. The van der Waals surface area contributed by atoms with Crippen molar-refractivity contribution in [2.45, 2.75) is 6.42 Å². The first-order valence-corrected chi connectivity index (χ1v) is 9.01. The van der Waals surface area contributed by atoms with Crippen LogP contribution in [0.25, 0.3) is 11.1 Å². The van der Waals surface area contributed by atoms with Gasteiger partial charge in [0, 0.05) is 20.2 Å². The third-order valence-corrected chi connectivity index (χ3v) is 6.03. The Labute approximate surface area is 142 Å². The van der Waals surface area contributed by atoms with Gasteiger partial charge in [0.15, 0.2) is 0 Å². The van der Waals surface area contributed by atoms with Crippen LogP contribution in [-0.4, -0.2) is 34.4 Å². The van der Waals surface area contributed by atoms with Gasteiger partial charge in [0.25, 0.3) is 0 Å². The van der Waals surface area contributed by atoms with E-state index in [1.54, 1.807) is 13.1 Å². The molecule has 0 unspecified atom stereocenters. The quantitative estimate of drug-likeness (QED) is 0.786. The number of benzene rings is 2. The maximum atomic E-state index is 10.5. The number of fused-ring (bicyclic) bond motifs is 1. The molecule has 126 valence electrons. The molecule has 0 aromatic heterocycles. The molecular formula is C17H19N3O3S. The molecule has 0 saturated carbocycles. The highest BCUT2D eigenvalue weighted by Crippen LogP contribution is 2.60. The van der Waals surface area contributed by atoms with Crippen molar-refractivity contribution in [3.8, 4) is 17.2 Å². The molecule has 1 aliphatic rings. The number of rotatable bonds is 4. The van der Waals surface area contributed by atoms with Gasteiger partial charge in [-0.3, -0.25) is 17.7 Å². The second-order valence-electron chi connectivity index (χ2n) is 5.53. The molecule has 0 bridgehead atoms. The van der Waals surface area contributed by atoms with Crippen LogP contribution in [0.4, 0.5) is 11.4 Å². The van der Waals surface area contributed by atoms with Crippen molar-refractivity contribution >= 4 is 22.3 Å². The van der Waals surface area contributed by atoms with Crippen molar-refractivity contribution in [3.05, 3.63) is 48.0 Å². The summed E-state index contributed by atoms with van der Waals surface area (Å²) in [6.45, 7) is 0.336. The fourth-order valence-electron chi connectivity index (χ4n) is 2.86. The zero-order valence-corrected chi connectivity index (χ0v) is 14.1. The Hall–Kier alpha value is -2.24. The maximum Gasteiger partial charge on any atom is 0.0998 e. The molecule has 2 aromatic rings. The lowest BCUT2D eigenvalue weighted by atomic mass is 9.99. The van der Waals surface area contributed by atoms with E-state index in [-0.39, 0.29) is 6.61 Å². The molecule has 0 atom stereocenters. The summed E-state index contributed by atoms with van der Waals surface area (Å²) in [7, 11) is -1.49. The highest BCUT2D eigenvalue weighted by atomic mass is 32.3. The highest BCUT2D eigenvalue weighted by molar-refractivity contribution is 8.26. The topological polar surface area (TPSA) is 91.0 Å². The lowest BCUT2D eigenvalue weighted by Gasteiger charge is -2.42. The van der Waals surface area contributed by atoms with Gasteiger partial charge in [-0.25, -0.2) is 0 Å². The van der Waals surface area contributed by atoms with Gasteiger partial charge in [-0.1, -0.05) is 24.3 Å². The molecule has 0 aliphatic carbocycles. The molecule has 0 radical (unpaired) electrons. The Morgan fingerprint density at radius 3 is 2.58 bits per heavy atom. The first kappa shape index (κ1) is 16.6. The second-order valence-corrected chi connectivity index (χ2v) is 7.50. The van der Waals surface area contributed by atoms with E-state index in [0.717, 1.165) is 11.1 Å². The molecular weight excluding hydrogens is 326 g/mol. The standard InChI is InChI=1S/C17H19N3O3S/c1-19-17-11-13(15-6-3-2-5-14(15)12-18)7-8-16(17)20(9-4-10-21)24(19,22)23/h2-3,5-8,11,21-23H,4,9-10H2,1H3. The zero-order valence-electron chi connectivity index (χ0n) is 13.3. The number of aliphatic hydroxyl groups is 1. The summed E-state index contributed by atoms with van der Waals surface area (Å²) < 4.78 is 24.0. The number of hydrogen-bond acceptors (Lipinski definition) is 6. The molecule has 3 rings (SSSR count). The van der Waals surface area contributed by atoms with Crippen LogP contribution in [0.15, 0.2) is 42.5 Å². The minimum absolute atomic E-state index is 0.0152. The van der Waals surface area contributed by atoms with Crippen molar-refractivity contribution in [1.82, 2.24) is 0 Å². The predicted molar refractivity (Wildman–Crippen MR) is 96.9 cm³/mol. The van der Waals surface area contributed by atoms with E-state index < -0.39 is 11.0 Å². The highest BCUT2D eigenvalue weighted by Gasteiger charge is 2.38. The largest absolute Gasteiger partial charge is 0.396 e. The Balaban J connectivity index is 2.07. The summed E-state index contributed by atoms with van der Waals surface area (Å²) in [5, 5.41) is 18.3. The molecule has 1 aliphatic heterocycles. The lowest BCUT2D eigenvalue weighted by molar-refractivity contribution is 0.291. The predicted octanol–water partition coefficient (Wildman–Crippen LogP) is 3.44. The fourth-order valence-corrected chi connectivity index (χ4v) is 4.35. The van der Waals surface area contributed by atoms with Crippen LogP contribution >= 0.6 is 11.0 Å². The number of nitriles is 1. The van der Waals surface area contributed by atoms with Crippen LogP contribution in [0.2, 0.25) is 0 Å². The summed E-state index contributed by atoms with van der Waals surface area (Å²) in [6, 6.07) is 15.1. The molecule has 6 nitrogen and oxygen atoms in total. The molecule has 0 amide bonds. The third-order valence-electron chi connectivity index (χ3n) is 4.12. The molecule has 3 N–H and O–H groups in total. The van der Waals surface area contributed by atoms with E-state index in [9.17, 15) is 14.4 Å². The summed E-state index contributed by atoms with van der Waals surface area (Å²) in [6.07, 6.45) is 0.447. The van der Waals surface area contributed by atoms with Gasteiger partial charge in [-0.05, 0) is 46.7 Å². The number of hydrogen-bond donors (Lipinski definition) is 3. The fraction of sp³-hybridized carbons (Fsp3) is 0.235. The molecule has 7 heteroatoms. The summed E-state index contributed by atoms with van der Waals surface area (Å²) in [4.78, 5) is 0. The van der Waals surface area contributed by atoms with Crippen LogP contribution in [0.5, 0.6) is 0 Å². The van der Waals surface area contributed by atoms with Crippen LogP contribution in [-0.2, 0) is 0 Å². The SMILES string of the molecule is CN1c2cc(-c3ccccc3C#N)ccc2N(CCCO)S1(O)O. The van der Waals surface area contributed by atoms with Crippen molar-refractivity contribution in [1.29, 1.82) is 5.26 Å². The van der Waals surface area contributed by atoms with Crippen LogP contribution < -0.4 is 8.61 Å². The average molecular weight is 345 g/mol. The first-order chi connectivity index (χ1) is 11.5. The van der Waals surface area contributed by atoms with E-state index in [1.807, 2.05) is 36.4 Å². The van der Waals surface area contributed by atoms with Gasteiger partial charge >= 0.3 is 0 Å². The summed E-state index contributed by atoms with van der Waals surface area (Å²) in [5.41, 5.74) is 3.63. The second kappa shape index (κ2) is 6.34. The Kier molecular flexibility index (Phi) is 4.39. The Morgan fingerprint density at radius 2 is 1.88 bits per heavy atom. The van der Waals surface area contributed by atoms with E-state index in [2.05, 4.69) is 6.07 Å². The van der Waals surface area contributed by atoms with Gasteiger partial charge < -0.3 is 5.11 Å². The Morgan fingerprint density at radius 1 is 1.12 bits per heavy atom. The monoisotopic (exact) mass is 345 g/mol. The van der Waals surface area contributed by atoms with Gasteiger partial charge in [0.05, 0.1) is 23.0 Å². The van der Waals surface area contributed by atoms with E-state index in [4.69, 9.17) is 5.11 Å². The van der Waals surface area contributed by atoms with Crippen LogP contribution in [0.1, 0.15) is 12.0 Å². The molecule has 0 saturated heterocycles. The average Bonchev–Trinajstić information content (AvgIpc) is 2.79. The minimum atomic E-state index is -3.12. The smallest absolute Gasteiger partial charge is 0.0998 e. The van der Waals surface area contributed by atoms with E-state index >= 15 is 0 Å². The molecule has 24 heavy (non-hydrogen) atoms. The van der Waals surface area contributed by atoms with E-state index in [0.29, 0.717) is 29.9 Å². The first-order valence-electron chi connectivity index (χ1n) is 7.55. The third kappa shape index (κ3) is 2.60. The number of aliphatic hydroxyl groups excluding tert-OH is 1. The number of nitrogens with zero attached hydrogens (tertiary/aromatic N) is 3.